The fourth-order valence-electron chi connectivity index (χ4n) is 3.09. The molecule has 0 radical (unpaired) electrons. The van der Waals surface area contributed by atoms with Gasteiger partial charge < -0.3 is 5.73 Å². The molecule has 2 N–H and O–H groups in total. The Kier molecular flexibility index (Phi) is 4.49. The molecule has 5 rings (SSSR count). The molecule has 0 unspecified atom stereocenters. The van der Waals surface area contributed by atoms with Gasteiger partial charge in [-0.3, -0.25) is 9.79 Å². The van der Waals surface area contributed by atoms with E-state index in [1.807, 2.05) is 42.5 Å². The number of hydrogen-bond acceptors (Lipinski definition) is 7. The Bertz CT molecular complexity index is 1340. The predicted octanol–water partition coefficient (Wildman–Crippen LogP) is 4.28. The number of rotatable bonds is 4. The van der Waals surface area contributed by atoms with E-state index < -0.39 is 0 Å². The first-order valence-corrected chi connectivity index (χ1v) is 10.7. The highest BCUT2D eigenvalue weighted by Gasteiger charge is 2.17. The topological polar surface area (TPSA) is 85.6 Å². The van der Waals surface area contributed by atoms with E-state index in [2.05, 4.69) is 27.2 Å². The van der Waals surface area contributed by atoms with Crippen molar-refractivity contribution in [2.24, 2.45) is 4.99 Å². The minimum absolute atomic E-state index is 0.285. The summed E-state index contributed by atoms with van der Waals surface area (Å²) in [6.07, 6.45) is 3.48. The second-order valence-electron chi connectivity index (χ2n) is 6.43. The third-order valence-electron chi connectivity index (χ3n) is 4.54. The Morgan fingerprint density at radius 1 is 1.10 bits per heavy atom. The number of aromatic nitrogens is 3. The maximum Gasteiger partial charge on any atom is 0.283 e. The van der Waals surface area contributed by atoms with Crippen LogP contribution in [0.1, 0.15) is 16.7 Å². The van der Waals surface area contributed by atoms with Crippen molar-refractivity contribution < 1.29 is 0 Å². The Morgan fingerprint density at radius 2 is 1.90 bits per heavy atom. The van der Waals surface area contributed by atoms with Crippen molar-refractivity contribution in [3.63, 3.8) is 0 Å². The van der Waals surface area contributed by atoms with Crippen LogP contribution < -0.4 is 11.3 Å². The van der Waals surface area contributed by atoms with Crippen molar-refractivity contribution >= 4 is 57.4 Å². The van der Waals surface area contributed by atoms with Crippen LogP contribution in [-0.4, -0.2) is 20.8 Å². The zero-order chi connectivity index (χ0) is 19.8. The van der Waals surface area contributed by atoms with Crippen LogP contribution in [-0.2, 0) is 5.75 Å². The van der Waals surface area contributed by atoms with E-state index in [4.69, 9.17) is 5.73 Å². The van der Waals surface area contributed by atoms with E-state index in [-0.39, 0.29) is 11.4 Å². The molecule has 2 aromatic carbocycles. The lowest BCUT2D eigenvalue weighted by atomic mass is 10.1. The van der Waals surface area contributed by atoms with E-state index in [1.54, 1.807) is 28.6 Å². The number of nitrogen functional groups attached to an aromatic ring is 1. The van der Waals surface area contributed by atoms with E-state index in [9.17, 15) is 4.79 Å². The van der Waals surface area contributed by atoms with Gasteiger partial charge in [0.15, 0.2) is 4.34 Å². The predicted molar refractivity (Wildman–Crippen MR) is 120 cm³/mol. The van der Waals surface area contributed by atoms with Crippen molar-refractivity contribution in [2.75, 3.05) is 5.73 Å². The number of thioether (sulfide) groups is 1. The van der Waals surface area contributed by atoms with Gasteiger partial charge in [0, 0.05) is 23.1 Å². The molecule has 4 aromatic rings. The minimum atomic E-state index is -0.365. The van der Waals surface area contributed by atoms with Crippen LogP contribution in [0.2, 0.25) is 0 Å². The third-order valence-corrected chi connectivity index (χ3v) is 6.65. The van der Waals surface area contributed by atoms with Gasteiger partial charge in [0.1, 0.15) is 5.82 Å². The van der Waals surface area contributed by atoms with Crippen LogP contribution in [0.5, 0.6) is 0 Å². The molecule has 0 spiro atoms. The third kappa shape index (κ3) is 3.37. The van der Waals surface area contributed by atoms with Crippen molar-refractivity contribution in [2.45, 2.75) is 10.1 Å². The number of fused-ring (bicyclic) bond motifs is 2. The molecule has 1 aliphatic rings. The van der Waals surface area contributed by atoms with Gasteiger partial charge in [-0.25, -0.2) is 0 Å². The molecule has 0 amide bonds. The lowest BCUT2D eigenvalue weighted by Crippen LogP contribution is -2.16. The van der Waals surface area contributed by atoms with Crippen LogP contribution in [0.15, 0.2) is 68.7 Å². The maximum absolute atomic E-state index is 12.6. The second kappa shape index (κ2) is 7.31. The summed E-state index contributed by atoms with van der Waals surface area (Å²) in [5, 5.41) is 4.56. The SMILES string of the molecule is Nc1c(C=C2C=Nc3ccccc32)c(=O)nc2sc(SCc3ccccc3)nn12. The number of para-hydroxylation sites is 1. The average molecular weight is 418 g/mol. The first-order chi connectivity index (χ1) is 14.2. The molecule has 0 saturated heterocycles. The second-order valence-corrected chi connectivity index (χ2v) is 8.61. The molecular weight excluding hydrogens is 402 g/mol. The first-order valence-electron chi connectivity index (χ1n) is 8.90. The molecule has 6 nitrogen and oxygen atoms in total. The Balaban J connectivity index is 1.51. The van der Waals surface area contributed by atoms with Gasteiger partial charge in [-0.1, -0.05) is 71.6 Å². The number of nitrogens with two attached hydrogens (primary N) is 1. The minimum Gasteiger partial charge on any atom is -0.383 e. The molecule has 1 aliphatic heterocycles. The zero-order valence-electron chi connectivity index (χ0n) is 15.1. The number of benzene rings is 2. The van der Waals surface area contributed by atoms with E-state index in [0.29, 0.717) is 10.5 Å². The van der Waals surface area contributed by atoms with Gasteiger partial charge >= 0.3 is 0 Å². The summed E-state index contributed by atoms with van der Waals surface area (Å²) < 4.78 is 2.36. The fraction of sp³-hybridized carbons (Fsp3) is 0.0476. The summed E-state index contributed by atoms with van der Waals surface area (Å²) in [7, 11) is 0. The van der Waals surface area contributed by atoms with Gasteiger partial charge in [-0.15, -0.1) is 5.10 Å². The largest absolute Gasteiger partial charge is 0.383 e. The average Bonchev–Trinajstić information content (AvgIpc) is 3.34. The molecule has 8 heteroatoms. The first kappa shape index (κ1) is 17.8. The molecule has 0 saturated carbocycles. The van der Waals surface area contributed by atoms with Crippen LogP contribution >= 0.6 is 23.1 Å². The maximum atomic E-state index is 12.6. The lowest BCUT2D eigenvalue weighted by molar-refractivity contribution is 0.894. The van der Waals surface area contributed by atoms with Crippen LogP contribution in [0, 0.1) is 0 Å². The van der Waals surface area contributed by atoms with E-state index >= 15 is 0 Å². The smallest absolute Gasteiger partial charge is 0.283 e. The normalized spacial score (nSPS) is 14.0. The highest BCUT2D eigenvalue weighted by atomic mass is 32.2. The van der Waals surface area contributed by atoms with Crippen LogP contribution in [0.3, 0.4) is 0 Å². The van der Waals surface area contributed by atoms with Crippen molar-refractivity contribution in [3.05, 3.63) is 81.6 Å². The van der Waals surface area contributed by atoms with Gasteiger partial charge in [0.05, 0.1) is 11.3 Å². The van der Waals surface area contributed by atoms with Crippen molar-refractivity contribution in [1.82, 2.24) is 14.6 Å². The molecule has 0 atom stereocenters. The fourth-order valence-corrected chi connectivity index (χ4v) is 4.98. The highest BCUT2D eigenvalue weighted by molar-refractivity contribution is 8.00. The Morgan fingerprint density at radius 3 is 2.76 bits per heavy atom. The van der Waals surface area contributed by atoms with E-state index in [1.165, 1.54) is 16.9 Å². The van der Waals surface area contributed by atoms with Crippen LogP contribution in [0.4, 0.5) is 11.5 Å². The summed E-state index contributed by atoms with van der Waals surface area (Å²) in [4.78, 5) is 21.7. The summed E-state index contributed by atoms with van der Waals surface area (Å²) in [6.45, 7) is 0. The number of nitrogens with zero attached hydrogens (tertiary/aromatic N) is 4. The number of allylic oxidation sites excluding steroid dienone is 1. The molecule has 0 fully saturated rings. The summed E-state index contributed by atoms with van der Waals surface area (Å²) in [6, 6.07) is 17.9. The standard InChI is InChI=1S/C21H15N5OS2/c22-18-16(10-14-11-23-17-9-5-4-8-15(14)17)19(27)24-20-26(18)25-21(29-20)28-12-13-6-2-1-3-7-13/h1-11H,12,22H2. The Hall–Kier alpha value is -3.23. The molecule has 0 aliphatic carbocycles. The molecule has 142 valence electrons. The molecule has 2 aromatic heterocycles. The van der Waals surface area contributed by atoms with Crippen molar-refractivity contribution in [1.29, 1.82) is 0 Å². The zero-order valence-corrected chi connectivity index (χ0v) is 16.8. The number of anilines is 1. The summed E-state index contributed by atoms with van der Waals surface area (Å²) in [5.74, 6) is 1.07. The van der Waals surface area contributed by atoms with E-state index in [0.717, 1.165) is 26.9 Å². The summed E-state index contributed by atoms with van der Waals surface area (Å²) >= 11 is 2.96. The van der Waals surface area contributed by atoms with Crippen molar-refractivity contribution in [3.8, 4) is 0 Å². The van der Waals surface area contributed by atoms with Gasteiger partial charge in [0.25, 0.3) is 5.56 Å². The summed E-state index contributed by atoms with van der Waals surface area (Å²) in [5.41, 5.74) is 10.1. The lowest BCUT2D eigenvalue weighted by Gasteiger charge is -2.03. The molecular formula is C21H15N5OS2. The monoisotopic (exact) mass is 417 g/mol. The van der Waals surface area contributed by atoms with Gasteiger partial charge in [-0.2, -0.15) is 9.50 Å². The molecule has 3 heterocycles. The number of hydrogen-bond donors (Lipinski definition) is 1. The highest BCUT2D eigenvalue weighted by Crippen LogP contribution is 2.33. The quantitative estimate of drug-likeness (QED) is 0.501. The van der Waals surface area contributed by atoms with Crippen LogP contribution in [0.25, 0.3) is 16.6 Å². The molecule has 29 heavy (non-hydrogen) atoms. The molecule has 0 bridgehead atoms. The Labute approximate surface area is 174 Å². The van der Waals surface area contributed by atoms with Gasteiger partial charge in [0.2, 0.25) is 4.96 Å². The number of aliphatic imine (C=N–C) groups is 1. The van der Waals surface area contributed by atoms with Gasteiger partial charge in [-0.05, 0) is 17.7 Å².